The van der Waals surface area contributed by atoms with Gasteiger partial charge in [0.1, 0.15) is 0 Å². The second-order valence-electron chi connectivity index (χ2n) is 5.79. The van der Waals surface area contributed by atoms with E-state index in [9.17, 15) is 4.79 Å². The monoisotopic (exact) mass is 383 g/mol. The molecule has 1 aromatic carbocycles. The molecule has 3 aromatic rings. The van der Waals surface area contributed by atoms with Crippen molar-refractivity contribution in [3.63, 3.8) is 0 Å². The lowest BCUT2D eigenvalue weighted by molar-refractivity contribution is -0.127. The third kappa shape index (κ3) is 3.89. The van der Waals surface area contributed by atoms with Gasteiger partial charge in [-0.05, 0) is 17.7 Å². The molecule has 1 aliphatic rings. The number of carbonyl (C=O) groups excluding carboxylic acids is 1. The van der Waals surface area contributed by atoms with Gasteiger partial charge in [0.25, 0.3) is 5.91 Å². The zero-order chi connectivity index (χ0) is 17.8. The van der Waals surface area contributed by atoms with Gasteiger partial charge in [0, 0.05) is 17.6 Å². The van der Waals surface area contributed by atoms with Crippen LogP contribution in [0.5, 0.6) is 0 Å². The van der Waals surface area contributed by atoms with Crippen molar-refractivity contribution >= 4 is 34.7 Å². The Morgan fingerprint density at radius 2 is 2.12 bits per heavy atom. The number of amides is 1. The normalized spacial score (nSPS) is 13.8. The zero-order valence-corrected chi connectivity index (χ0v) is 15.6. The van der Waals surface area contributed by atoms with Crippen LogP contribution in [0.2, 0.25) is 0 Å². The van der Waals surface area contributed by atoms with E-state index in [4.69, 9.17) is 4.42 Å². The van der Waals surface area contributed by atoms with Gasteiger partial charge in [-0.15, -0.1) is 23.1 Å². The summed E-state index contributed by atoms with van der Waals surface area (Å²) in [7, 11) is 0. The van der Waals surface area contributed by atoms with Gasteiger partial charge in [-0.25, -0.2) is 9.99 Å². The molecular formula is C19H17N3O2S2. The SMILES string of the molecule is O=C(CSCc1csc(-c2ccco2)n1)N1CCC(c2ccccc2)=N1. The quantitative estimate of drug-likeness (QED) is 0.638. The Bertz CT molecular complexity index is 904. The van der Waals surface area contributed by atoms with Gasteiger partial charge < -0.3 is 4.42 Å². The molecular weight excluding hydrogens is 366 g/mol. The van der Waals surface area contributed by atoms with Crippen LogP contribution in [-0.2, 0) is 10.5 Å². The van der Waals surface area contributed by atoms with E-state index >= 15 is 0 Å². The molecule has 3 heterocycles. The molecule has 0 bridgehead atoms. The number of thioether (sulfide) groups is 1. The van der Waals surface area contributed by atoms with E-state index in [1.165, 1.54) is 0 Å². The van der Waals surface area contributed by atoms with Crippen molar-refractivity contribution in [2.75, 3.05) is 12.3 Å². The fraction of sp³-hybridized carbons (Fsp3) is 0.211. The molecule has 5 nitrogen and oxygen atoms in total. The second kappa shape index (κ2) is 7.88. The van der Waals surface area contributed by atoms with Crippen molar-refractivity contribution < 1.29 is 9.21 Å². The lowest BCUT2D eigenvalue weighted by Crippen LogP contribution is -2.25. The molecule has 0 atom stereocenters. The molecule has 0 saturated carbocycles. The Labute approximate surface area is 159 Å². The minimum Gasteiger partial charge on any atom is -0.462 e. The second-order valence-corrected chi connectivity index (χ2v) is 7.64. The van der Waals surface area contributed by atoms with Crippen LogP contribution in [0.4, 0.5) is 0 Å². The summed E-state index contributed by atoms with van der Waals surface area (Å²) in [4.78, 5) is 16.9. The summed E-state index contributed by atoms with van der Waals surface area (Å²) >= 11 is 3.12. The summed E-state index contributed by atoms with van der Waals surface area (Å²) < 4.78 is 5.36. The van der Waals surface area contributed by atoms with Gasteiger partial charge in [-0.3, -0.25) is 4.79 Å². The van der Waals surface area contributed by atoms with Gasteiger partial charge in [-0.1, -0.05) is 30.3 Å². The van der Waals surface area contributed by atoms with Crippen LogP contribution in [0, 0.1) is 0 Å². The number of hydrogen-bond acceptors (Lipinski definition) is 6. The third-order valence-corrected chi connectivity index (χ3v) is 5.81. The Balaban J connectivity index is 1.29. The van der Waals surface area contributed by atoms with E-state index in [1.807, 2.05) is 47.8 Å². The molecule has 2 aromatic heterocycles. The number of furan rings is 1. The summed E-state index contributed by atoms with van der Waals surface area (Å²) in [6.07, 6.45) is 2.45. The highest BCUT2D eigenvalue weighted by atomic mass is 32.2. The van der Waals surface area contributed by atoms with Gasteiger partial charge in [0.15, 0.2) is 10.8 Å². The topological polar surface area (TPSA) is 58.7 Å². The number of hydrazone groups is 1. The molecule has 7 heteroatoms. The van der Waals surface area contributed by atoms with E-state index in [0.29, 0.717) is 18.1 Å². The summed E-state index contributed by atoms with van der Waals surface area (Å²) in [5, 5.41) is 8.95. The molecule has 26 heavy (non-hydrogen) atoms. The van der Waals surface area contributed by atoms with Crippen LogP contribution in [-0.4, -0.2) is 33.9 Å². The molecule has 0 aliphatic carbocycles. The maximum Gasteiger partial charge on any atom is 0.252 e. The highest BCUT2D eigenvalue weighted by molar-refractivity contribution is 7.99. The Morgan fingerprint density at radius 1 is 1.23 bits per heavy atom. The molecule has 4 rings (SSSR count). The van der Waals surface area contributed by atoms with Crippen molar-refractivity contribution in [1.29, 1.82) is 0 Å². The highest BCUT2D eigenvalue weighted by Crippen LogP contribution is 2.26. The van der Waals surface area contributed by atoms with Crippen molar-refractivity contribution in [1.82, 2.24) is 9.99 Å². The van der Waals surface area contributed by atoms with Crippen molar-refractivity contribution in [2.24, 2.45) is 5.10 Å². The van der Waals surface area contributed by atoms with Crippen molar-refractivity contribution in [2.45, 2.75) is 12.2 Å². The first-order valence-electron chi connectivity index (χ1n) is 8.29. The van der Waals surface area contributed by atoms with Crippen LogP contribution in [0.1, 0.15) is 17.7 Å². The fourth-order valence-corrected chi connectivity index (χ4v) is 4.35. The van der Waals surface area contributed by atoms with Crippen molar-refractivity contribution in [3.05, 3.63) is 65.4 Å². The third-order valence-electron chi connectivity index (χ3n) is 3.96. The number of thiazole rings is 1. The minimum absolute atomic E-state index is 0.0439. The largest absolute Gasteiger partial charge is 0.462 e. The average molecular weight is 383 g/mol. The molecule has 1 amide bonds. The molecule has 0 unspecified atom stereocenters. The first kappa shape index (κ1) is 17.1. The summed E-state index contributed by atoms with van der Waals surface area (Å²) in [6, 6.07) is 13.8. The predicted octanol–water partition coefficient (Wildman–Crippen LogP) is 4.27. The number of nitrogens with zero attached hydrogens (tertiary/aromatic N) is 3. The maximum atomic E-state index is 12.4. The summed E-state index contributed by atoms with van der Waals surface area (Å²) in [5.41, 5.74) is 3.03. The van der Waals surface area contributed by atoms with E-state index in [-0.39, 0.29) is 5.91 Å². The number of carbonyl (C=O) groups is 1. The lowest BCUT2D eigenvalue weighted by Gasteiger charge is -2.10. The Kier molecular flexibility index (Phi) is 5.17. The molecule has 0 saturated heterocycles. The van der Waals surface area contributed by atoms with Gasteiger partial charge in [0.05, 0.1) is 30.0 Å². The Hall–Kier alpha value is -2.38. The van der Waals surface area contributed by atoms with Crippen LogP contribution >= 0.6 is 23.1 Å². The van der Waals surface area contributed by atoms with Crippen LogP contribution in [0.25, 0.3) is 10.8 Å². The summed E-state index contributed by atoms with van der Waals surface area (Å²) in [5.74, 6) is 1.93. The van der Waals surface area contributed by atoms with E-state index < -0.39 is 0 Å². The number of benzene rings is 1. The number of rotatable bonds is 6. The molecule has 0 radical (unpaired) electrons. The first-order chi connectivity index (χ1) is 12.8. The molecule has 0 fully saturated rings. The Morgan fingerprint density at radius 3 is 2.92 bits per heavy atom. The number of hydrogen-bond donors (Lipinski definition) is 0. The molecule has 132 valence electrons. The standard InChI is InChI=1S/C19H17N3O2S2/c23-18(22-9-8-16(21-22)14-5-2-1-3-6-14)13-25-11-15-12-26-19(20-15)17-7-4-10-24-17/h1-7,10,12H,8-9,11,13H2. The first-order valence-corrected chi connectivity index (χ1v) is 10.3. The van der Waals surface area contributed by atoms with Crippen LogP contribution in [0.3, 0.4) is 0 Å². The smallest absolute Gasteiger partial charge is 0.252 e. The number of aromatic nitrogens is 1. The zero-order valence-electron chi connectivity index (χ0n) is 14.0. The van der Waals surface area contributed by atoms with E-state index in [2.05, 4.69) is 10.1 Å². The van der Waals surface area contributed by atoms with Crippen molar-refractivity contribution in [3.8, 4) is 10.8 Å². The lowest BCUT2D eigenvalue weighted by atomic mass is 10.1. The van der Waals surface area contributed by atoms with E-state index in [1.54, 1.807) is 34.4 Å². The minimum atomic E-state index is 0.0439. The van der Waals surface area contributed by atoms with Crippen LogP contribution in [0.15, 0.2) is 63.6 Å². The average Bonchev–Trinajstić information content (AvgIpc) is 3.42. The van der Waals surface area contributed by atoms with Gasteiger partial charge in [0.2, 0.25) is 0 Å². The highest BCUT2D eigenvalue weighted by Gasteiger charge is 2.21. The summed E-state index contributed by atoms with van der Waals surface area (Å²) in [6.45, 7) is 0.656. The fourth-order valence-electron chi connectivity index (χ4n) is 2.67. The van der Waals surface area contributed by atoms with Crippen LogP contribution < -0.4 is 0 Å². The molecule has 0 N–H and O–H groups in total. The van der Waals surface area contributed by atoms with E-state index in [0.717, 1.165) is 34.2 Å². The predicted molar refractivity (Wildman–Crippen MR) is 105 cm³/mol. The maximum absolute atomic E-state index is 12.4. The molecule has 1 aliphatic heterocycles. The molecule has 0 spiro atoms. The van der Waals surface area contributed by atoms with Gasteiger partial charge >= 0.3 is 0 Å². The van der Waals surface area contributed by atoms with Gasteiger partial charge in [-0.2, -0.15) is 5.10 Å².